The van der Waals surface area contributed by atoms with Crippen molar-refractivity contribution in [3.05, 3.63) is 60.8 Å². The Morgan fingerprint density at radius 1 is 0.756 bits per heavy atom. The van der Waals surface area contributed by atoms with Crippen LogP contribution in [-0.4, -0.2) is 49.3 Å². The Morgan fingerprint density at radius 2 is 1.34 bits per heavy atom. The fourth-order valence-electron chi connectivity index (χ4n) is 3.28. The van der Waals surface area contributed by atoms with Gasteiger partial charge in [-0.3, -0.25) is 18.6 Å². The molecule has 9 nitrogen and oxygen atoms in total. The van der Waals surface area contributed by atoms with Gasteiger partial charge in [-0.05, 0) is 57.8 Å². The average Bonchev–Trinajstić information content (AvgIpc) is 2.94. The van der Waals surface area contributed by atoms with E-state index >= 15 is 0 Å². The van der Waals surface area contributed by atoms with Gasteiger partial charge in [0, 0.05) is 19.4 Å². The number of unbranched alkanes of at least 4 members (excludes halogenated alkanes) is 3. The lowest BCUT2D eigenvalue weighted by Crippen LogP contribution is -2.29. The van der Waals surface area contributed by atoms with Crippen LogP contribution >= 0.6 is 7.82 Å². The average molecular weight is 598 g/mol. The SMILES string of the molecule is CC/C=C\C/C=C\C/C=C\C/C=C\C/C=C\CCCCCC(=O)OC(COC(=O)CCC)COP(=O)(O)OCCN. The van der Waals surface area contributed by atoms with Crippen molar-refractivity contribution in [3.8, 4) is 0 Å². The Kier molecular flexibility index (Phi) is 26.3. The Hall–Kier alpha value is -2.29. The van der Waals surface area contributed by atoms with Crippen LogP contribution < -0.4 is 5.73 Å². The van der Waals surface area contributed by atoms with Crippen LogP contribution in [0, 0.1) is 0 Å². The first-order chi connectivity index (χ1) is 19.8. The van der Waals surface area contributed by atoms with Crippen LogP contribution in [-0.2, 0) is 32.7 Å². The summed E-state index contributed by atoms with van der Waals surface area (Å²) in [5.41, 5.74) is 5.26. The standard InChI is InChI=1S/C31H52NO8P/c1-3-5-6-7-8-9-10-11-12-13-14-15-16-17-18-19-20-21-22-24-31(34)40-29(27-37-30(33)23-4-2)28-39-41(35,36)38-26-25-32/h5-6,8-9,11-12,14-15,17-18,29H,3-4,7,10,13,16,19-28,32H2,1-2H3,(H,35,36)/b6-5-,9-8-,12-11-,15-14-,18-17-. The quantitative estimate of drug-likeness (QED) is 0.0466. The molecule has 0 fully saturated rings. The highest BCUT2D eigenvalue weighted by Crippen LogP contribution is 2.43. The van der Waals surface area contributed by atoms with Crippen LogP contribution in [0.4, 0.5) is 0 Å². The van der Waals surface area contributed by atoms with Gasteiger partial charge in [-0.15, -0.1) is 0 Å². The van der Waals surface area contributed by atoms with E-state index in [0.717, 1.165) is 51.4 Å². The van der Waals surface area contributed by atoms with Gasteiger partial charge in [-0.2, -0.15) is 0 Å². The van der Waals surface area contributed by atoms with Gasteiger partial charge in [0.05, 0.1) is 13.2 Å². The van der Waals surface area contributed by atoms with Crippen LogP contribution in [0.15, 0.2) is 60.8 Å². The van der Waals surface area contributed by atoms with Crippen molar-refractivity contribution in [1.82, 2.24) is 0 Å². The monoisotopic (exact) mass is 597 g/mol. The molecule has 0 saturated carbocycles. The number of esters is 2. The molecule has 0 heterocycles. The smallest absolute Gasteiger partial charge is 0.462 e. The molecule has 0 aliphatic carbocycles. The van der Waals surface area contributed by atoms with Gasteiger partial charge in [0.1, 0.15) is 6.61 Å². The van der Waals surface area contributed by atoms with E-state index in [9.17, 15) is 19.0 Å². The van der Waals surface area contributed by atoms with Crippen LogP contribution in [0.3, 0.4) is 0 Å². The zero-order valence-electron chi connectivity index (χ0n) is 25.0. The molecule has 0 spiro atoms. The minimum absolute atomic E-state index is 0.0437. The molecule has 0 aromatic carbocycles. The molecule has 10 heteroatoms. The molecule has 0 aromatic heterocycles. The van der Waals surface area contributed by atoms with Gasteiger partial charge in [-0.1, -0.05) is 81.0 Å². The zero-order chi connectivity index (χ0) is 30.4. The maximum absolute atomic E-state index is 12.3. The highest BCUT2D eigenvalue weighted by Gasteiger charge is 2.25. The minimum atomic E-state index is -4.35. The molecular weight excluding hydrogens is 545 g/mol. The first-order valence-electron chi connectivity index (χ1n) is 14.8. The number of nitrogens with two attached hydrogens (primary N) is 1. The lowest BCUT2D eigenvalue weighted by atomic mass is 10.1. The molecule has 0 aliphatic heterocycles. The number of phosphoric acid groups is 1. The third-order valence-corrected chi connectivity index (χ3v) is 6.37. The number of rotatable bonds is 26. The molecule has 2 atom stereocenters. The fourth-order valence-corrected chi connectivity index (χ4v) is 4.05. The van der Waals surface area contributed by atoms with Crippen LogP contribution in [0.2, 0.25) is 0 Å². The van der Waals surface area contributed by atoms with Crippen molar-refractivity contribution in [2.45, 2.75) is 97.0 Å². The third-order valence-electron chi connectivity index (χ3n) is 5.39. The van der Waals surface area contributed by atoms with Crippen LogP contribution in [0.5, 0.6) is 0 Å². The number of carbonyl (C=O) groups is 2. The Balaban J connectivity index is 4.13. The highest BCUT2D eigenvalue weighted by atomic mass is 31.2. The summed E-state index contributed by atoms with van der Waals surface area (Å²) in [5.74, 6) is -0.939. The van der Waals surface area contributed by atoms with E-state index in [1.54, 1.807) is 0 Å². The van der Waals surface area contributed by atoms with Gasteiger partial charge in [0.25, 0.3) is 0 Å². The lowest BCUT2D eigenvalue weighted by Gasteiger charge is -2.19. The van der Waals surface area contributed by atoms with Crippen molar-refractivity contribution < 1.29 is 37.6 Å². The normalized spacial score (nSPS) is 14.5. The molecule has 3 N–H and O–H groups in total. The van der Waals surface area contributed by atoms with Crippen molar-refractivity contribution >= 4 is 19.8 Å². The van der Waals surface area contributed by atoms with E-state index < -0.39 is 32.5 Å². The first kappa shape index (κ1) is 38.7. The van der Waals surface area contributed by atoms with Crippen molar-refractivity contribution in [2.24, 2.45) is 5.73 Å². The number of hydrogen-bond donors (Lipinski definition) is 2. The highest BCUT2D eigenvalue weighted by molar-refractivity contribution is 7.47. The number of hydrogen-bond acceptors (Lipinski definition) is 8. The number of carbonyl (C=O) groups excluding carboxylic acids is 2. The predicted octanol–water partition coefficient (Wildman–Crippen LogP) is 7.04. The molecule has 234 valence electrons. The summed E-state index contributed by atoms with van der Waals surface area (Å²) < 4.78 is 31.8. The Labute approximate surface area is 247 Å². The van der Waals surface area contributed by atoms with Gasteiger partial charge in [0.2, 0.25) is 0 Å². The second kappa shape index (κ2) is 27.9. The molecule has 0 radical (unpaired) electrons. The largest absolute Gasteiger partial charge is 0.472 e. The molecular formula is C31H52NO8P. The van der Waals surface area contributed by atoms with E-state index in [4.69, 9.17) is 19.7 Å². The summed E-state index contributed by atoms with van der Waals surface area (Å²) in [6.45, 7) is 3.13. The topological polar surface area (TPSA) is 134 Å². The molecule has 0 amide bonds. The second-order valence-electron chi connectivity index (χ2n) is 9.24. The van der Waals surface area contributed by atoms with Gasteiger partial charge in [-0.25, -0.2) is 4.57 Å². The second-order valence-corrected chi connectivity index (χ2v) is 10.7. The summed E-state index contributed by atoms with van der Waals surface area (Å²) in [4.78, 5) is 33.6. The van der Waals surface area contributed by atoms with Gasteiger partial charge < -0.3 is 20.1 Å². The summed E-state index contributed by atoms with van der Waals surface area (Å²) in [6, 6.07) is 0. The van der Waals surface area contributed by atoms with E-state index in [2.05, 4.69) is 72.2 Å². The van der Waals surface area contributed by atoms with Crippen LogP contribution in [0.1, 0.15) is 90.9 Å². The van der Waals surface area contributed by atoms with Gasteiger partial charge in [0.15, 0.2) is 6.10 Å². The molecule has 0 rings (SSSR count). The summed E-state index contributed by atoms with van der Waals surface area (Å²) in [6.07, 6.45) is 29.9. The van der Waals surface area contributed by atoms with E-state index in [1.807, 2.05) is 6.92 Å². The van der Waals surface area contributed by atoms with Crippen molar-refractivity contribution in [3.63, 3.8) is 0 Å². The summed E-state index contributed by atoms with van der Waals surface area (Å²) >= 11 is 0. The first-order valence-corrected chi connectivity index (χ1v) is 16.3. The summed E-state index contributed by atoms with van der Waals surface area (Å²) in [5, 5.41) is 0. The molecule has 0 aliphatic rings. The molecule has 41 heavy (non-hydrogen) atoms. The van der Waals surface area contributed by atoms with E-state index in [1.165, 1.54) is 0 Å². The number of allylic oxidation sites excluding steroid dienone is 10. The van der Waals surface area contributed by atoms with Gasteiger partial charge >= 0.3 is 19.8 Å². The predicted molar refractivity (Wildman–Crippen MR) is 164 cm³/mol. The molecule has 0 bridgehead atoms. The lowest BCUT2D eigenvalue weighted by molar-refractivity contribution is -0.161. The Morgan fingerprint density at radius 3 is 1.90 bits per heavy atom. The fraction of sp³-hybridized carbons (Fsp3) is 0.613. The molecule has 2 unspecified atom stereocenters. The van der Waals surface area contributed by atoms with E-state index in [0.29, 0.717) is 12.8 Å². The molecule has 0 saturated heterocycles. The Bertz CT molecular complexity index is 866. The minimum Gasteiger partial charge on any atom is -0.462 e. The van der Waals surface area contributed by atoms with E-state index in [-0.39, 0.29) is 32.6 Å². The summed E-state index contributed by atoms with van der Waals surface area (Å²) in [7, 11) is -4.35. The molecule has 0 aromatic rings. The van der Waals surface area contributed by atoms with Crippen molar-refractivity contribution in [2.75, 3.05) is 26.4 Å². The number of phosphoric ester groups is 1. The van der Waals surface area contributed by atoms with Crippen molar-refractivity contribution in [1.29, 1.82) is 0 Å². The third kappa shape index (κ3) is 27.6. The van der Waals surface area contributed by atoms with Crippen LogP contribution in [0.25, 0.3) is 0 Å². The maximum atomic E-state index is 12.3. The number of ether oxygens (including phenoxy) is 2. The zero-order valence-corrected chi connectivity index (χ0v) is 25.9. The maximum Gasteiger partial charge on any atom is 0.472 e.